The number of carbonyl (C=O) groups excluding carboxylic acids is 1. The maximum atomic E-state index is 12.6. The summed E-state index contributed by atoms with van der Waals surface area (Å²) < 4.78 is 25.8. The van der Waals surface area contributed by atoms with Crippen LogP contribution in [-0.4, -0.2) is 26.6 Å². The Kier molecular flexibility index (Phi) is 6.31. The number of hydrogen-bond donors (Lipinski definition) is 1. The van der Waals surface area contributed by atoms with Crippen LogP contribution in [0.1, 0.15) is 23.6 Å². The first kappa shape index (κ1) is 20.3. The molecule has 2 rings (SSSR count). The molecule has 0 bridgehead atoms. The maximum Gasteiger partial charge on any atom is 0.243 e. The number of halogens is 1. The number of benzene rings is 2. The van der Waals surface area contributed by atoms with Crippen LogP contribution in [0, 0.1) is 13.8 Å². The Morgan fingerprint density at radius 1 is 1.12 bits per heavy atom. The van der Waals surface area contributed by atoms with Crippen molar-refractivity contribution in [1.82, 2.24) is 5.32 Å². The number of amides is 1. The Balaban J connectivity index is 2.20. The first-order valence-corrected chi connectivity index (χ1v) is 10.4. The van der Waals surface area contributed by atoms with E-state index in [0.717, 1.165) is 27.3 Å². The molecule has 1 N–H and O–H groups in total. The summed E-state index contributed by atoms with van der Waals surface area (Å²) in [4.78, 5) is 12.6. The highest BCUT2D eigenvalue weighted by atomic mass is 35.5. The lowest BCUT2D eigenvalue weighted by molar-refractivity contribution is -0.122. The second-order valence-electron chi connectivity index (χ2n) is 6.35. The zero-order valence-corrected chi connectivity index (χ0v) is 16.9. The molecule has 0 aliphatic heterocycles. The third kappa shape index (κ3) is 4.99. The van der Waals surface area contributed by atoms with Gasteiger partial charge < -0.3 is 5.32 Å². The zero-order chi connectivity index (χ0) is 19.5. The van der Waals surface area contributed by atoms with E-state index in [-0.39, 0.29) is 5.91 Å². The molecule has 5 nitrogen and oxygen atoms in total. The molecule has 0 aliphatic carbocycles. The van der Waals surface area contributed by atoms with E-state index in [9.17, 15) is 13.2 Å². The van der Waals surface area contributed by atoms with Gasteiger partial charge in [-0.2, -0.15) is 0 Å². The number of carbonyl (C=O) groups is 1. The van der Waals surface area contributed by atoms with Gasteiger partial charge in [0.2, 0.25) is 15.9 Å². The monoisotopic (exact) mass is 394 g/mol. The van der Waals surface area contributed by atoms with E-state index in [0.29, 0.717) is 17.3 Å². The lowest BCUT2D eigenvalue weighted by atomic mass is 10.1. The Morgan fingerprint density at radius 2 is 1.73 bits per heavy atom. The molecule has 2 aromatic carbocycles. The molecule has 140 valence electrons. The van der Waals surface area contributed by atoms with Gasteiger partial charge in [-0.05, 0) is 61.7 Å². The highest BCUT2D eigenvalue weighted by Crippen LogP contribution is 2.23. The molecule has 0 saturated heterocycles. The van der Waals surface area contributed by atoms with E-state index in [1.807, 2.05) is 32.0 Å². The van der Waals surface area contributed by atoms with Crippen molar-refractivity contribution in [3.8, 4) is 0 Å². The maximum absolute atomic E-state index is 12.6. The van der Waals surface area contributed by atoms with Crippen LogP contribution < -0.4 is 9.62 Å². The predicted octanol–water partition coefficient (Wildman–Crippen LogP) is 3.43. The third-order valence-corrected chi connectivity index (χ3v) is 5.71. The molecule has 0 aliphatic rings. The Labute approximate surface area is 160 Å². The second-order valence-corrected chi connectivity index (χ2v) is 8.64. The molecule has 0 aromatic heterocycles. The fourth-order valence-electron chi connectivity index (χ4n) is 2.61. The van der Waals surface area contributed by atoms with Crippen molar-refractivity contribution in [1.29, 1.82) is 0 Å². The summed E-state index contributed by atoms with van der Waals surface area (Å²) in [5.74, 6) is -0.372. The molecule has 0 heterocycles. The summed E-state index contributed by atoms with van der Waals surface area (Å²) in [5, 5.41) is 3.40. The number of rotatable bonds is 6. The molecule has 0 saturated carbocycles. The first-order chi connectivity index (χ1) is 12.1. The van der Waals surface area contributed by atoms with Crippen LogP contribution in [0.15, 0.2) is 42.5 Å². The van der Waals surface area contributed by atoms with Gasteiger partial charge in [0.05, 0.1) is 11.9 Å². The van der Waals surface area contributed by atoms with Crippen molar-refractivity contribution in [2.75, 3.05) is 10.6 Å². The van der Waals surface area contributed by atoms with Crippen LogP contribution in [0.4, 0.5) is 5.69 Å². The predicted molar refractivity (Wildman–Crippen MR) is 106 cm³/mol. The van der Waals surface area contributed by atoms with E-state index in [1.54, 1.807) is 31.2 Å². The van der Waals surface area contributed by atoms with Crippen LogP contribution in [0.5, 0.6) is 0 Å². The Hall–Kier alpha value is -2.05. The standard InChI is InChI=1S/C19H23ClN2O3S/c1-13-5-10-18(11-14(13)2)22(26(4,24)25)15(3)19(23)21-12-16-6-8-17(20)9-7-16/h5-11,15H,12H2,1-4H3,(H,21,23)/t15-/m1/s1. The Bertz CT molecular complexity index is 896. The first-order valence-electron chi connectivity index (χ1n) is 8.18. The molecule has 1 atom stereocenters. The average Bonchev–Trinajstić information content (AvgIpc) is 2.56. The van der Waals surface area contributed by atoms with Crippen molar-refractivity contribution >= 4 is 33.2 Å². The summed E-state index contributed by atoms with van der Waals surface area (Å²) in [5.41, 5.74) is 3.38. The summed E-state index contributed by atoms with van der Waals surface area (Å²) in [6.45, 7) is 5.73. The molecule has 0 unspecified atom stereocenters. The minimum Gasteiger partial charge on any atom is -0.350 e. The van der Waals surface area contributed by atoms with Gasteiger partial charge in [0, 0.05) is 11.6 Å². The van der Waals surface area contributed by atoms with Crippen LogP contribution in [-0.2, 0) is 21.4 Å². The van der Waals surface area contributed by atoms with Gasteiger partial charge >= 0.3 is 0 Å². The van der Waals surface area contributed by atoms with Crippen molar-refractivity contribution in [3.63, 3.8) is 0 Å². The van der Waals surface area contributed by atoms with Crippen LogP contribution in [0.25, 0.3) is 0 Å². The lowest BCUT2D eigenvalue weighted by Crippen LogP contribution is -2.47. The van der Waals surface area contributed by atoms with Crippen LogP contribution in [0.2, 0.25) is 5.02 Å². The van der Waals surface area contributed by atoms with Gasteiger partial charge in [0.15, 0.2) is 0 Å². The second kappa shape index (κ2) is 8.10. The van der Waals surface area contributed by atoms with Gasteiger partial charge in [-0.1, -0.05) is 29.8 Å². The lowest BCUT2D eigenvalue weighted by Gasteiger charge is -2.28. The molecule has 26 heavy (non-hydrogen) atoms. The topological polar surface area (TPSA) is 66.5 Å². The molecule has 0 spiro atoms. The van der Waals surface area contributed by atoms with Gasteiger partial charge in [-0.25, -0.2) is 8.42 Å². The highest BCUT2D eigenvalue weighted by molar-refractivity contribution is 7.92. The quantitative estimate of drug-likeness (QED) is 0.816. The van der Waals surface area contributed by atoms with Crippen LogP contribution >= 0.6 is 11.6 Å². The van der Waals surface area contributed by atoms with Gasteiger partial charge in [0.25, 0.3) is 0 Å². The largest absolute Gasteiger partial charge is 0.350 e. The van der Waals surface area contributed by atoms with E-state index >= 15 is 0 Å². The molecule has 0 fully saturated rings. The van der Waals surface area contributed by atoms with Crippen molar-refractivity contribution in [2.45, 2.75) is 33.4 Å². The number of nitrogens with zero attached hydrogens (tertiary/aromatic N) is 1. The zero-order valence-electron chi connectivity index (χ0n) is 15.3. The number of aryl methyl sites for hydroxylation is 2. The summed E-state index contributed by atoms with van der Waals surface area (Å²) >= 11 is 5.85. The van der Waals surface area contributed by atoms with E-state index in [1.165, 1.54) is 0 Å². The van der Waals surface area contributed by atoms with Gasteiger partial charge in [-0.15, -0.1) is 0 Å². The smallest absolute Gasteiger partial charge is 0.243 e. The average molecular weight is 395 g/mol. The number of sulfonamides is 1. The van der Waals surface area contributed by atoms with Gasteiger partial charge in [-0.3, -0.25) is 9.10 Å². The molecule has 2 aromatic rings. The van der Waals surface area contributed by atoms with E-state index in [4.69, 9.17) is 11.6 Å². The summed E-state index contributed by atoms with van der Waals surface area (Å²) in [6.07, 6.45) is 1.10. The number of hydrogen-bond acceptors (Lipinski definition) is 3. The molecular weight excluding hydrogens is 372 g/mol. The third-order valence-electron chi connectivity index (χ3n) is 4.21. The van der Waals surface area contributed by atoms with E-state index < -0.39 is 16.1 Å². The summed E-state index contributed by atoms with van der Waals surface area (Å²) in [7, 11) is -3.63. The van der Waals surface area contributed by atoms with Crippen molar-refractivity contribution in [3.05, 3.63) is 64.2 Å². The Morgan fingerprint density at radius 3 is 2.27 bits per heavy atom. The minimum atomic E-state index is -3.63. The molecule has 0 radical (unpaired) electrons. The van der Waals surface area contributed by atoms with Crippen molar-refractivity contribution in [2.24, 2.45) is 0 Å². The summed E-state index contributed by atoms with van der Waals surface area (Å²) in [6, 6.07) is 11.6. The van der Waals surface area contributed by atoms with Gasteiger partial charge in [0.1, 0.15) is 6.04 Å². The van der Waals surface area contributed by atoms with Crippen molar-refractivity contribution < 1.29 is 13.2 Å². The fraction of sp³-hybridized carbons (Fsp3) is 0.316. The number of nitrogens with one attached hydrogen (secondary N) is 1. The molecule has 7 heteroatoms. The number of anilines is 1. The minimum absolute atomic E-state index is 0.296. The molecular formula is C19H23ClN2O3S. The van der Waals surface area contributed by atoms with Crippen LogP contribution in [0.3, 0.4) is 0 Å². The SMILES string of the molecule is Cc1ccc(N([C@H](C)C(=O)NCc2ccc(Cl)cc2)S(C)(=O)=O)cc1C. The highest BCUT2D eigenvalue weighted by Gasteiger charge is 2.29. The normalized spacial score (nSPS) is 12.5. The fourth-order valence-corrected chi connectivity index (χ4v) is 3.90. The molecule has 1 amide bonds. The van der Waals surface area contributed by atoms with E-state index in [2.05, 4.69) is 5.32 Å².